The van der Waals surface area contributed by atoms with Gasteiger partial charge in [-0.25, -0.2) is 4.98 Å². The molecular weight excluding hydrogens is 247 g/mol. The van der Waals surface area contributed by atoms with Crippen LogP contribution in [0.3, 0.4) is 0 Å². The summed E-state index contributed by atoms with van der Waals surface area (Å²) in [5.74, 6) is -0.171. The molecule has 4 nitrogen and oxygen atoms in total. The maximum absolute atomic E-state index is 12.5. The number of nitrogens with zero attached hydrogens (tertiary/aromatic N) is 1. The summed E-state index contributed by atoms with van der Waals surface area (Å²) in [7, 11) is 0. The van der Waals surface area contributed by atoms with Crippen molar-refractivity contribution in [2.45, 2.75) is 31.0 Å². The van der Waals surface area contributed by atoms with E-state index in [2.05, 4.69) is 10.3 Å². The van der Waals surface area contributed by atoms with Gasteiger partial charge in [0.2, 0.25) is 0 Å². The van der Waals surface area contributed by atoms with Crippen LogP contribution in [0.4, 0.5) is 24.8 Å². The Morgan fingerprint density at radius 1 is 1.39 bits per heavy atom. The first-order valence-electron chi connectivity index (χ1n) is 5.60. The smallest absolute Gasteiger partial charge is 0.388 e. The van der Waals surface area contributed by atoms with Gasteiger partial charge in [0, 0.05) is 6.54 Å². The molecule has 2 rings (SSSR count). The van der Waals surface area contributed by atoms with Crippen molar-refractivity contribution in [1.82, 2.24) is 4.98 Å². The predicted octanol–water partition coefficient (Wildman–Crippen LogP) is 2.01. The second-order valence-corrected chi connectivity index (χ2v) is 4.60. The summed E-state index contributed by atoms with van der Waals surface area (Å²) in [6, 6.07) is 1.67. The van der Waals surface area contributed by atoms with Crippen molar-refractivity contribution in [2.24, 2.45) is 0 Å². The molecule has 0 radical (unpaired) electrons. The third-order valence-electron chi connectivity index (χ3n) is 3.06. The van der Waals surface area contributed by atoms with Crippen LogP contribution in [-0.2, 0) is 6.18 Å². The summed E-state index contributed by atoms with van der Waals surface area (Å²) in [4.78, 5) is 3.76. The molecule has 0 amide bonds. The lowest BCUT2D eigenvalue weighted by molar-refractivity contribution is -0.137. The third kappa shape index (κ3) is 2.84. The lowest BCUT2D eigenvalue weighted by Gasteiger charge is -2.36. The van der Waals surface area contributed by atoms with E-state index in [1.807, 2.05) is 0 Å². The molecule has 0 unspecified atom stereocenters. The van der Waals surface area contributed by atoms with Crippen molar-refractivity contribution in [2.75, 3.05) is 17.6 Å². The number of anilines is 2. The monoisotopic (exact) mass is 261 g/mol. The zero-order valence-electron chi connectivity index (χ0n) is 9.59. The molecular formula is C11H14F3N3O. The van der Waals surface area contributed by atoms with E-state index in [-0.39, 0.29) is 18.2 Å². The second-order valence-electron chi connectivity index (χ2n) is 4.60. The molecule has 18 heavy (non-hydrogen) atoms. The van der Waals surface area contributed by atoms with E-state index >= 15 is 0 Å². The van der Waals surface area contributed by atoms with Crippen LogP contribution in [0.5, 0.6) is 0 Å². The molecule has 4 N–H and O–H groups in total. The Morgan fingerprint density at radius 2 is 2.06 bits per heavy atom. The van der Waals surface area contributed by atoms with Gasteiger partial charge in [0.15, 0.2) is 0 Å². The van der Waals surface area contributed by atoms with E-state index < -0.39 is 17.3 Å². The van der Waals surface area contributed by atoms with Gasteiger partial charge in [-0.15, -0.1) is 0 Å². The summed E-state index contributed by atoms with van der Waals surface area (Å²) in [5.41, 5.74) is 3.65. The van der Waals surface area contributed by atoms with Crippen LogP contribution in [0.1, 0.15) is 24.8 Å². The fraction of sp³-hybridized carbons (Fsp3) is 0.545. The number of aliphatic hydroxyl groups is 1. The zero-order chi connectivity index (χ0) is 13.4. The molecule has 0 bridgehead atoms. The summed E-state index contributed by atoms with van der Waals surface area (Å²) < 4.78 is 37.6. The number of nitrogens with two attached hydrogens (primary N) is 1. The van der Waals surface area contributed by atoms with Gasteiger partial charge >= 0.3 is 6.18 Å². The fourth-order valence-electron chi connectivity index (χ4n) is 1.82. The van der Waals surface area contributed by atoms with Crippen LogP contribution in [-0.4, -0.2) is 22.2 Å². The van der Waals surface area contributed by atoms with Crippen molar-refractivity contribution >= 4 is 11.6 Å². The maximum Gasteiger partial charge on any atom is 0.416 e. The Bertz CT molecular complexity index is 444. The number of pyridine rings is 1. The highest BCUT2D eigenvalue weighted by molar-refractivity contribution is 5.47. The molecule has 1 saturated carbocycles. The molecule has 0 spiro atoms. The maximum atomic E-state index is 12.5. The summed E-state index contributed by atoms with van der Waals surface area (Å²) in [5, 5.41) is 12.5. The Labute approximate surface area is 102 Å². The molecule has 1 heterocycles. The average molecular weight is 261 g/mol. The molecule has 1 aliphatic rings. The Hall–Kier alpha value is -1.50. The van der Waals surface area contributed by atoms with Gasteiger partial charge in [-0.05, 0) is 31.4 Å². The van der Waals surface area contributed by atoms with Crippen molar-refractivity contribution in [3.05, 3.63) is 17.7 Å². The van der Waals surface area contributed by atoms with Crippen molar-refractivity contribution in [1.29, 1.82) is 0 Å². The minimum absolute atomic E-state index is 0.0302. The van der Waals surface area contributed by atoms with Gasteiger partial charge in [0.05, 0.1) is 11.2 Å². The van der Waals surface area contributed by atoms with E-state index in [1.54, 1.807) is 0 Å². The van der Waals surface area contributed by atoms with Crippen LogP contribution < -0.4 is 11.1 Å². The van der Waals surface area contributed by atoms with Gasteiger partial charge in [0.1, 0.15) is 11.6 Å². The normalized spacial score (nSPS) is 18.2. The number of halogens is 3. The standard InChI is InChI=1S/C11H14F3N3O/c12-11(13,14)7-4-8(15)17-9(5-7)16-6-10(18)2-1-3-10/h4-5,18H,1-3,6H2,(H3,15,16,17). The Balaban J connectivity index is 2.10. The highest BCUT2D eigenvalue weighted by Crippen LogP contribution is 2.33. The van der Waals surface area contributed by atoms with E-state index in [0.29, 0.717) is 12.8 Å². The molecule has 1 fully saturated rings. The number of hydrogen-bond acceptors (Lipinski definition) is 4. The van der Waals surface area contributed by atoms with Crippen LogP contribution in [0.2, 0.25) is 0 Å². The Morgan fingerprint density at radius 3 is 2.56 bits per heavy atom. The summed E-state index contributed by atoms with van der Waals surface area (Å²) >= 11 is 0. The molecule has 0 saturated heterocycles. The lowest BCUT2D eigenvalue weighted by atomic mass is 9.80. The lowest BCUT2D eigenvalue weighted by Crippen LogP contribution is -2.43. The zero-order valence-corrected chi connectivity index (χ0v) is 9.59. The number of alkyl halides is 3. The fourth-order valence-corrected chi connectivity index (χ4v) is 1.82. The van der Waals surface area contributed by atoms with Crippen LogP contribution in [0.15, 0.2) is 12.1 Å². The van der Waals surface area contributed by atoms with Crippen LogP contribution in [0.25, 0.3) is 0 Å². The molecule has 1 aromatic heterocycles. The van der Waals surface area contributed by atoms with Gasteiger partial charge in [0.25, 0.3) is 0 Å². The van der Waals surface area contributed by atoms with Crippen molar-refractivity contribution < 1.29 is 18.3 Å². The SMILES string of the molecule is Nc1cc(C(F)(F)F)cc(NCC2(O)CCC2)n1. The number of rotatable bonds is 3. The number of aromatic nitrogens is 1. The van der Waals surface area contributed by atoms with Gasteiger partial charge in [-0.2, -0.15) is 13.2 Å². The molecule has 0 aromatic carbocycles. The van der Waals surface area contributed by atoms with Crippen LogP contribution in [0, 0.1) is 0 Å². The molecule has 0 atom stereocenters. The molecule has 1 aliphatic carbocycles. The minimum Gasteiger partial charge on any atom is -0.388 e. The first-order chi connectivity index (χ1) is 8.28. The van der Waals surface area contributed by atoms with E-state index in [1.165, 1.54) is 0 Å². The molecule has 100 valence electrons. The van der Waals surface area contributed by atoms with Gasteiger partial charge in [-0.3, -0.25) is 0 Å². The topological polar surface area (TPSA) is 71.2 Å². The first-order valence-corrected chi connectivity index (χ1v) is 5.60. The van der Waals surface area contributed by atoms with E-state index in [0.717, 1.165) is 18.6 Å². The first kappa shape index (κ1) is 12.9. The summed E-state index contributed by atoms with van der Waals surface area (Å²) in [6.07, 6.45) is -2.24. The highest BCUT2D eigenvalue weighted by Gasteiger charge is 2.35. The van der Waals surface area contributed by atoms with E-state index in [4.69, 9.17) is 5.73 Å². The highest BCUT2D eigenvalue weighted by atomic mass is 19.4. The van der Waals surface area contributed by atoms with Crippen molar-refractivity contribution in [3.8, 4) is 0 Å². The van der Waals surface area contributed by atoms with Gasteiger partial charge < -0.3 is 16.2 Å². The number of hydrogen-bond donors (Lipinski definition) is 3. The molecule has 1 aromatic rings. The number of nitrogen functional groups attached to an aromatic ring is 1. The summed E-state index contributed by atoms with van der Waals surface area (Å²) in [6.45, 7) is 0.181. The quantitative estimate of drug-likeness (QED) is 0.778. The predicted molar refractivity (Wildman–Crippen MR) is 60.9 cm³/mol. The molecule has 0 aliphatic heterocycles. The minimum atomic E-state index is -4.46. The average Bonchev–Trinajstić information content (AvgIpc) is 2.22. The number of nitrogens with one attached hydrogen (secondary N) is 1. The largest absolute Gasteiger partial charge is 0.416 e. The van der Waals surface area contributed by atoms with Crippen molar-refractivity contribution in [3.63, 3.8) is 0 Å². The third-order valence-corrected chi connectivity index (χ3v) is 3.06. The Kier molecular flexibility index (Phi) is 3.10. The van der Waals surface area contributed by atoms with Gasteiger partial charge in [-0.1, -0.05) is 0 Å². The molecule has 7 heteroatoms. The second kappa shape index (κ2) is 4.31. The van der Waals surface area contributed by atoms with E-state index in [9.17, 15) is 18.3 Å². The van der Waals surface area contributed by atoms with Crippen LogP contribution >= 0.6 is 0 Å².